The van der Waals surface area contributed by atoms with Gasteiger partial charge in [0.2, 0.25) is 5.95 Å². The zero-order valence-electron chi connectivity index (χ0n) is 18.6. The SMILES string of the molecule is Cc1c(Nc2ncc3cc(Cl)c([C@@H]4CCN([C@H]5COC[C@H]5C)C[C@H]4F)cc3n2)cnn1C. The van der Waals surface area contributed by atoms with Crippen molar-refractivity contribution >= 4 is 34.1 Å². The van der Waals surface area contributed by atoms with Crippen molar-refractivity contribution in [3.8, 4) is 0 Å². The van der Waals surface area contributed by atoms with E-state index in [1.165, 1.54) is 0 Å². The summed E-state index contributed by atoms with van der Waals surface area (Å²) >= 11 is 6.60. The maximum absolute atomic E-state index is 15.4. The molecule has 2 aromatic heterocycles. The number of halogens is 2. The first kappa shape index (κ1) is 21.6. The molecule has 9 heteroatoms. The fraction of sp³-hybridized carbons (Fsp3) is 0.522. The zero-order valence-corrected chi connectivity index (χ0v) is 19.3. The Labute approximate surface area is 191 Å². The Morgan fingerprint density at radius 2 is 2.09 bits per heavy atom. The number of rotatable bonds is 4. The molecule has 0 bridgehead atoms. The number of nitrogens with zero attached hydrogens (tertiary/aromatic N) is 5. The Hall–Kier alpha value is -2.29. The van der Waals surface area contributed by atoms with Gasteiger partial charge in [0.25, 0.3) is 0 Å². The highest BCUT2D eigenvalue weighted by molar-refractivity contribution is 6.32. The third-order valence-electron chi connectivity index (χ3n) is 6.95. The lowest BCUT2D eigenvalue weighted by Crippen LogP contribution is -2.48. The van der Waals surface area contributed by atoms with Crippen LogP contribution in [0.4, 0.5) is 16.0 Å². The van der Waals surface area contributed by atoms with Crippen LogP contribution in [0.3, 0.4) is 0 Å². The highest BCUT2D eigenvalue weighted by Crippen LogP contribution is 2.38. The molecule has 4 atom stereocenters. The zero-order chi connectivity index (χ0) is 22.4. The number of hydrogen-bond acceptors (Lipinski definition) is 6. The second-order valence-corrected chi connectivity index (χ2v) is 9.41. The van der Waals surface area contributed by atoms with Crippen molar-refractivity contribution in [2.45, 2.75) is 38.4 Å². The molecule has 2 saturated heterocycles. The molecule has 2 fully saturated rings. The van der Waals surface area contributed by atoms with Gasteiger partial charge in [-0.05, 0) is 43.5 Å². The number of piperidine rings is 1. The third-order valence-corrected chi connectivity index (χ3v) is 7.27. The van der Waals surface area contributed by atoms with E-state index in [0.717, 1.165) is 47.4 Å². The molecule has 1 N–H and O–H groups in total. The van der Waals surface area contributed by atoms with E-state index in [9.17, 15) is 0 Å². The van der Waals surface area contributed by atoms with E-state index in [-0.39, 0.29) is 5.92 Å². The summed E-state index contributed by atoms with van der Waals surface area (Å²) in [6.07, 6.45) is 3.22. The van der Waals surface area contributed by atoms with Crippen LogP contribution in [-0.4, -0.2) is 63.2 Å². The lowest BCUT2D eigenvalue weighted by Gasteiger charge is -2.39. The summed E-state index contributed by atoms with van der Waals surface area (Å²) in [4.78, 5) is 11.3. The number of likely N-dealkylation sites (tertiary alicyclic amines) is 1. The van der Waals surface area contributed by atoms with Crippen LogP contribution in [0.25, 0.3) is 10.9 Å². The maximum atomic E-state index is 15.4. The summed E-state index contributed by atoms with van der Waals surface area (Å²) < 4.78 is 22.7. The van der Waals surface area contributed by atoms with Gasteiger partial charge in [-0.25, -0.2) is 14.4 Å². The van der Waals surface area contributed by atoms with Crippen LogP contribution in [0, 0.1) is 12.8 Å². The summed E-state index contributed by atoms with van der Waals surface area (Å²) in [6.45, 7) is 6.85. The van der Waals surface area contributed by atoms with Gasteiger partial charge in [0, 0.05) is 42.2 Å². The van der Waals surface area contributed by atoms with E-state index in [1.54, 1.807) is 17.1 Å². The molecule has 7 nitrogen and oxygen atoms in total. The lowest BCUT2D eigenvalue weighted by molar-refractivity contribution is 0.0659. The fourth-order valence-electron chi connectivity index (χ4n) is 4.85. The molecule has 0 unspecified atom stereocenters. The Kier molecular flexibility index (Phi) is 5.77. The molecular formula is C23H28ClFN6O. The van der Waals surface area contributed by atoms with E-state index < -0.39 is 6.17 Å². The topological polar surface area (TPSA) is 68.1 Å². The van der Waals surface area contributed by atoms with Gasteiger partial charge >= 0.3 is 0 Å². The summed E-state index contributed by atoms with van der Waals surface area (Å²) in [7, 11) is 1.88. The Bertz CT molecular complexity index is 1140. The lowest BCUT2D eigenvalue weighted by atomic mass is 9.86. The van der Waals surface area contributed by atoms with Crippen molar-refractivity contribution in [2.24, 2.45) is 13.0 Å². The number of ether oxygens (including phenoxy) is 1. The van der Waals surface area contributed by atoms with Crippen LogP contribution < -0.4 is 5.32 Å². The number of hydrogen-bond donors (Lipinski definition) is 1. The molecule has 2 aliphatic rings. The van der Waals surface area contributed by atoms with Crippen molar-refractivity contribution < 1.29 is 9.13 Å². The highest BCUT2D eigenvalue weighted by atomic mass is 35.5. The summed E-state index contributed by atoms with van der Waals surface area (Å²) in [5, 5.41) is 8.86. The molecule has 0 radical (unpaired) electrons. The van der Waals surface area contributed by atoms with Crippen LogP contribution in [0.2, 0.25) is 5.02 Å². The molecule has 0 saturated carbocycles. The highest BCUT2D eigenvalue weighted by Gasteiger charge is 2.38. The first-order valence-electron chi connectivity index (χ1n) is 11.1. The predicted octanol–water partition coefficient (Wildman–Crippen LogP) is 4.23. The molecule has 170 valence electrons. The second-order valence-electron chi connectivity index (χ2n) is 9.01. The molecule has 1 aromatic carbocycles. The van der Waals surface area contributed by atoms with Gasteiger partial charge in [-0.1, -0.05) is 18.5 Å². The van der Waals surface area contributed by atoms with Crippen molar-refractivity contribution in [3.63, 3.8) is 0 Å². The molecule has 5 rings (SSSR count). The van der Waals surface area contributed by atoms with E-state index in [1.807, 2.05) is 26.1 Å². The number of fused-ring (bicyclic) bond motifs is 1. The van der Waals surface area contributed by atoms with Crippen LogP contribution in [0.5, 0.6) is 0 Å². The molecular weight excluding hydrogens is 431 g/mol. The molecule has 2 aliphatic heterocycles. The molecule has 4 heterocycles. The first-order chi connectivity index (χ1) is 15.4. The largest absolute Gasteiger partial charge is 0.379 e. The minimum absolute atomic E-state index is 0.243. The van der Waals surface area contributed by atoms with Gasteiger partial charge in [-0.15, -0.1) is 0 Å². The third kappa shape index (κ3) is 3.95. The monoisotopic (exact) mass is 458 g/mol. The Morgan fingerprint density at radius 1 is 1.25 bits per heavy atom. The van der Waals surface area contributed by atoms with Crippen LogP contribution in [0.1, 0.15) is 30.5 Å². The van der Waals surface area contributed by atoms with Gasteiger partial charge in [-0.2, -0.15) is 5.10 Å². The molecule has 0 amide bonds. The molecule has 0 spiro atoms. The maximum Gasteiger partial charge on any atom is 0.227 e. The van der Waals surface area contributed by atoms with Gasteiger partial charge in [0.05, 0.1) is 36.3 Å². The quantitative estimate of drug-likeness (QED) is 0.631. The molecule has 32 heavy (non-hydrogen) atoms. The predicted molar refractivity (Wildman–Crippen MR) is 123 cm³/mol. The minimum atomic E-state index is -0.982. The van der Waals surface area contributed by atoms with E-state index >= 15 is 4.39 Å². The number of anilines is 2. The normalized spacial score (nSPS) is 26.7. The average Bonchev–Trinajstić information content (AvgIpc) is 3.34. The van der Waals surface area contributed by atoms with Crippen molar-refractivity contribution in [2.75, 3.05) is 31.6 Å². The van der Waals surface area contributed by atoms with Gasteiger partial charge in [0.15, 0.2) is 0 Å². The van der Waals surface area contributed by atoms with Gasteiger partial charge < -0.3 is 10.1 Å². The van der Waals surface area contributed by atoms with Crippen LogP contribution in [-0.2, 0) is 11.8 Å². The fourth-order valence-corrected chi connectivity index (χ4v) is 5.16. The smallest absolute Gasteiger partial charge is 0.227 e. The number of alkyl halides is 1. The van der Waals surface area contributed by atoms with E-state index in [2.05, 4.69) is 32.2 Å². The second kappa shape index (κ2) is 8.57. The van der Waals surface area contributed by atoms with Crippen LogP contribution >= 0.6 is 11.6 Å². The summed E-state index contributed by atoms with van der Waals surface area (Å²) in [5.41, 5.74) is 3.40. The summed E-state index contributed by atoms with van der Waals surface area (Å²) in [5.74, 6) is 0.672. The van der Waals surface area contributed by atoms with Gasteiger partial charge in [0.1, 0.15) is 6.17 Å². The van der Waals surface area contributed by atoms with Crippen molar-refractivity contribution in [1.82, 2.24) is 24.6 Å². The Balaban J connectivity index is 1.39. The standard InChI is InChI=1S/C23H28ClFN6O/c1-13-11-32-12-22(13)31-5-4-16(19(25)10-31)17-7-20-15(6-18(17)24)8-26-23(28-20)29-21-9-27-30(3)14(21)2/h6-9,13,16,19,22H,4-5,10-12H2,1-3H3,(H,26,28,29)/t13-,16+,19-,22+/m1/s1. The number of aromatic nitrogens is 4. The van der Waals surface area contributed by atoms with E-state index in [0.29, 0.717) is 36.1 Å². The Morgan fingerprint density at radius 3 is 2.78 bits per heavy atom. The van der Waals surface area contributed by atoms with Crippen molar-refractivity contribution in [3.05, 3.63) is 40.8 Å². The number of benzene rings is 1. The first-order valence-corrected chi connectivity index (χ1v) is 11.5. The van der Waals surface area contributed by atoms with Crippen molar-refractivity contribution in [1.29, 1.82) is 0 Å². The molecule has 3 aromatic rings. The van der Waals surface area contributed by atoms with Crippen LogP contribution in [0.15, 0.2) is 24.5 Å². The van der Waals surface area contributed by atoms with E-state index in [4.69, 9.17) is 16.3 Å². The molecule has 0 aliphatic carbocycles. The van der Waals surface area contributed by atoms with Gasteiger partial charge in [-0.3, -0.25) is 9.58 Å². The minimum Gasteiger partial charge on any atom is -0.379 e. The average molecular weight is 459 g/mol. The summed E-state index contributed by atoms with van der Waals surface area (Å²) in [6, 6.07) is 4.07. The number of nitrogens with one attached hydrogen (secondary N) is 1. The number of aryl methyl sites for hydroxylation is 1.